The van der Waals surface area contributed by atoms with Crippen LogP contribution in [0.25, 0.3) is 17.8 Å². The van der Waals surface area contributed by atoms with Crippen LogP contribution in [0.1, 0.15) is 40.8 Å². The Morgan fingerprint density at radius 1 is 1.10 bits per heavy atom. The molecule has 0 amide bonds. The second-order valence-corrected chi connectivity index (χ2v) is 7.90. The summed E-state index contributed by atoms with van der Waals surface area (Å²) in [5.41, 5.74) is 4.35. The number of fused-ring (bicyclic) bond motifs is 1. The molecule has 1 aliphatic rings. The number of hydrogen-bond acceptors (Lipinski definition) is 4. The zero-order valence-corrected chi connectivity index (χ0v) is 17.8. The van der Waals surface area contributed by atoms with E-state index in [-0.39, 0.29) is 0 Å². The second kappa shape index (κ2) is 8.22. The molecule has 3 heterocycles. The van der Waals surface area contributed by atoms with Crippen molar-refractivity contribution in [2.24, 2.45) is 0 Å². The van der Waals surface area contributed by atoms with E-state index in [4.69, 9.17) is 9.72 Å². The molecular weight excluding hydrogens is 386 g/mol. The summed E-state index contributed by atoms with van der Waals surface area (Å²) in [5, 5.41) is 4.68. The van der Waals surface area contributed by atoms with Crippen LogP contribution in [0.4, 0.5) is 0 Å². The van der Waals surface area contributed by atoms with Gasteiger partial charge in [-0.05, 0) is 48.6 Å². The average molecular weight is 412 g/mol. The number of aryl methyl sites for hydroxylation is 2. The van der Waals surface area contributed by atoms with E-state index < -0.39 is 0 Å². The molecule has 1 unspecified atom stereocenters. The van der Waals surface area contributed by atoms with Crippen molar-refractivity contribution in [1.29, 1.82) is 0 Å². The van der Waals surface area contributed by atoms with Gasteiger partial charge in [0.2, 0.25) is 0 Å². The minimum Gasteiger partial charge on any atom is -0.495 e. The van der Waals surface area contributed by atoms with Crippen molar-refractivity contribution in [2.75, 3.05) is 7.11 Å². The summed E-state index contributed by atoms with van der Waals surface area (Å²) >= 11 is 0. The fourth-order valence-electron chi connectivity index (χ4n) is 4.14. The van der Waals surface area contributed by atoms with E-state index in [9.17, 15) is 0 Å². The first-order valence-corrected chi connectivity index (χ1v) is 10.6. The number of nitrogens with zero attached hydrogens (tertiary/aromatic N) is 5. The van der Waals surface area contributed by atoms with Gasteiger partial charge in [-0.25, -0.2) is 14.6 Å². The Kier molecular flexibility index (Phi) is 5.12. The van der Waals surface area contributed by atoms with Crippen molar-refractivity contribution < 1.29 is 4.74 Å². The molecule has 156 valence electrons. The third-order valence-electron chi connectivity index (χ3n) is 5.77. The number of benzene rings is 2. The highest BCUT2D eigenvalue weighted by molar-refractivity contribution is 5.69. The molecule has 4 aromatic rings. The molecule has 0 N–H and O–H groups in total. The van der Waals surface area contributed by atoms with Crippen molar-refractivity contribution in [3.8, 4) is 11.4 Å². The molecule has 31 heavy (non-hydrogen) atoms. The topological polar surface area (TPSA) is 57.8 Å². The molecule has 0 spiro atoms. The molecule has 0 fully saturated rings. The molecule has 2 aromatic carbocycles. The highest BCUT2D eigenvalue weighted by Gasteiger charge is 2.22. The Balaban J connectivity index is 1.34. The molecular formula is C25H25N5O. The molecule has 0 radical (unpaired) electrons. The Labute approximate surface area is 181 Å². The summed E-state index contributed by atoms with van der Waals surface area (Å²) in [4.78, 5) is 9.07. The number of imidazole rings is 1. The van der Waals surface area contributed by atoms with Gasteiger partial charge in [0.05, 0.1) is 24.8 Å². The molecule has 1 atom stereocenters. The first kappa shape index (κ1) is 19.3. The maximum Gasteiger partial charge on any atom is 0.174 e. The molecule has 5 rings (SSSR count). The standard InChI is InChI=1S/C25H25N5O/c1-18-16-29(17-26-18)22-10-8-19(14-23(22)31-2)9-11-24-27-25-15-21(12-13-30(25)28-24)20-6-4-3-5-7-20/h3-11,14,16-17,21H,12-13,15H2,1-2H3. The molecule has 6 nitrogen and oxygen atoms in total. The van der Waals surface area contributed by atoms with Gasteiger partial charge < -0.3 is 9.30 Å². The molecule has 6 heteroatoms. The van der Waals surface area contributed by atoms with E-state index >= 15 is 0 Å². The summed E-state index contributed by atoms with van der Waals surface area (Å²) in [6.45, 7) is 2.88. The van der Waals surface area contributed by atoms with Crippen molar-refractivity contribution in [1.82, 2.24) is 24.3 Å². The smallest absolute Gasteiger partial charge is 0.174 e. The zero-order valence-electron chi connectivity index (χ0n) is 17.8. The Hall–Kier alpha value is -3.67. The van der Waals surface area contributed by atoms with Crippen LogP contribution in [0.5, 0.6) is 5.75 Å². The molecule has 0 saturated carbocycles. The predicted octanol–water partition coefficient (Wildman–Crippen LogP) is 4.68. The molecule has 0 saturated heterocycles. The van der Waals surface area contributed by atoms with Crippen molar-refractivity contribution >= 4 is 12.2 Å². The fraction of sp³-hybridized carbons (Fsp3) is 0.240. The van der Waals surface area contributed by atoms with Crippen LogP contribution in [0, 0.1) is 6.92 Å². The Bertz CT molecular complexity index is 1220. The lowest BCUT2D eigenvalue weighted by molar-refractivity contribution is 0.413. The van der Waals surface area contributed by atoms with Crippen molar-refractivity contribution in [3.63, 3.8) is 0 Å². The first-order valence-electron chi connectivity index (χ1n) is 10.6. The van der Waals surface area contributed by atoms with Crippen LogP contribution >= 0.6 is 0 Å². The van der Waals surface area contributed by atoms with Gasteiger partial charge in [-0.15, -0.1) is 0 Å². The molecule has 2 aromatic heterocycles. The number of hydrogen-bond donors (Lipinski definition) is 0. The average Bonchev–Trinajstić information content (AvgIpc) is 3.43. The van der Waals surface area contributed by atoms with Gasteiger partial charge in [0, 0.05) is 19.2 Å². The minimum atomic E-state index is 0.512. The first-order chi connectivity index (χ1) is 15.2. The lowest BCUT2D eigenvalue weighted by Crippen LogP contribution is -2.19. The van der Waals surface area contributed by atoms with Crippen LogP contribution in [-0.2, 0) is 13.0 Å². The molecule has 1 aliphatic heterocycles. The van der Waals surface area contributed by atoms with Crippen LogP contribution in [0.2, 0.25) is 0 Å². The highest BCUT2D eigenvalue weighted by Crippen LogP contribution is 2.29. The Morgan fingerprint density at radius 3 is 2.74 bits per heavy atom. The third-order valence-corrected chi connectivity index (χ3v) is 5.77. The minimum absolute atomic E-state index is 0.512. The number of aromatic nitrogens is 5. The van der Waals surface area contributed by atoms with E-state index in [1.165, 1.54) is 5.56 Å². The largest absolute Gasteiger partial charge is 0.495 e. The molecule has 0 bridgehead atoms. The number of rotatable bonds is 5. The molecule has 0 aliphatic carbocycles. The predicted molar refractivity (Wildman–Crippen MR) is 121 cm³/mol. The van der Waals surface area contributed by atoms with Gasteiger partial charge in [-0.2, -0.15) is 5.10 Å². The maximum atomic E-state index is 5.60. The van der Waals surface area contributed by atoms with E-state index in [0.717, 1.165) is 53.7 Å². The van der Waals surface area contributed by atoms with Crippen LogP contribution < -0.4 is 4.74 Å². The SMILES string of the molecule is COc1cc(C=Cc2nc3n(n2)CCC(c2ccccc2)C3)ccc1-n1cnc(C)c1. The van der Waals surface area contributed by atoms with Crippen molar-refractivity contribution in [3.05, 3.63) is 89.5 Å². The zero-order chi connectivity index (χ0) is 21.2. The fourth-order valence-corrected chi connectivity index (χ4v) is 4.14. The van der Waals surface area contributed by atoms with E-state index in [2.05, 4.69) is 46.5 Å². The van der Waals surface area contributed by atoms with Gasteiger partial charge in [0.1, 0.15) is 11.6 Å². The van der Waals surface area contributed by atoms with Crippen LogP contribution in [0.3, 0.4) is 0 Å². The normalized spacial score (nSPS) is 15.9. The van der Waals surface area contributed by atoms with Gasteiger partial charge in [0.25, 0.3) is 0 Å². The van der Waals surface area contributed by atoms with Gasteiger partial charge >= 0.3 is 0 Å². The summed E-state index contributed by atoms with van der Waals surface area (Å²) < 4.78 is 9.62. The van der Waals surface area contributed by atoms with E-state index in [1.807, 2.05) is 46.7 Å². The van der Waals surface area contributed by atoms with Crippen molar-refractivity contribution in [2.45, 2.75) is 32.2 Å². The van der Waals surface area contributed by atoms with Gasteiger partial charge in [-0.1, -0.05) is 42.5 Å². The third kappa shape index (κ3) is 4.01. The Morgan fingerprint density at radius 2 is 1.97 bits per heavy atom. The monoisotopic (exact) mass is 411 g/mol. The van der Waals surface area contributed by atoms with Crippen LogP contribution in [0.15, 0.2) is 61.1 Å². The summed E-state index contributed by atoms with van der Waals surface area (Å²) in [6, 6.07) is 16.8. The van der Waals surface area contributed by atoms with Gasteiger partial charge in [-0.3, -0.25) is 0 Å². The number of methoxy groups -OCH3 is 1. The van der Waals surface area contributed by atoms with E-state index in [1.54, 1.807) is 13.4 Å². The van der Waals surface area contributed by atoms with Gasteiger partial charge in [0.15, 0.2) is 5.82 Å². The quantitative estimate of drug-likeness (QED) is 0.478. The lowest BCUT2D eigenvalue weighted by atomic mass is 9.90. The summed E-state index contributed by atoms with van der Waals surface area (Å²) in [6.07, 6.45) is 9.80. The lowest BCUT2D eigenvalue weighted by Gasteiger charge is -2.22. The maximum absolute atomic E-state index is 5.60. The number of ether oxygens (including phenoxy) is 1. The highest BCUT2D eigenvalue weighted by atomic mass is 16.5. The summed E-state index contributed by atoms with van der Waals surface area (Å²) in [7, 11) is 1.68. The van der Waals surface area contributed by atoms with Crippen LogP contribution in [-0.4, -0.2) is 31.4 Å². The van der Waals surface area contributed by atoms with E-state index in [0.29, 0.717) is 5.92 Å². The summed E-state index contributed by atoms with van der Waals surface area (Å²) in [5.74, 6) is 3.11. The second-order valence-electron chi connectivity index (χ2n) is 7.90.